The molecule has 14 heavy (non-hydrogen) atoms. The lowest BCUT2D eigenvalue weighted by Gasteiger charge is -2.26. The maximum atomic E-state index is 10.5. The Morgan fingerprint density at radius 3 is 3.00 bits per heavy atom. The summed E-state index contributed by atoms with van der Waals surface area (Å²) in [6.07, 6.45) is 6.53. The van der Waals surface area contributed by atoms with Gasteiger partial charge in [0.1, 0.15) is 6.29 Å². The number of carbonyl (C=O) groups is 1. The van der Waals surface area contributed by atoms with Crippen molar-refractivity contribution < 1.29 is 4.79 Å². The maximum Gasteiger partial charge on any atom is 0.121 e. The number of alkyl halides is 1. The van der Waals surface area contributed by atoms with Crippen LogP contribution in [0.1, 0.15) is 17.5 Å². The second kappa shape index (κ2) is 3.70. The smallest absolute Gasteiger partial charge is 0.121 e. The molecule has 1 aliphatic carbocycles. The predicted molar refractivity (Wildman–Crippen MR) is 61.5 cm³/mol. The zero-order chi connectivity index (χ0) is 10.0. The molecule has 2 rings (SSSR count). The molecule has 1 aliphatic rings. The average Bonchev–Trinajstić information content (AvgIpc) is 2.17. The number of hydrogen-bond acceptors (Lipinski definition) is 1. The molecule has 0 radical (unpaired) electrons. The Hall–Kier alpha value is -0.890. The fourth-order valence-electron chi connectivity index (χ4n) is 1.75. The maximum absolute atomic E-state index is 10.5. The standard InChI is InChI=1S/C12H11BrO/c13-12(7-8-14)6-5-10-3-1-2-4-11(10)9-12/h1-6,8H,7,9H2. The first kappa shape index (κ1) is 9.66. The topological polar surface area (TPSA) is 17.1 Å². The summed E-state index contributed by atoms with van der Waals surface area (Å²) in [6, 6.07) is 8.27. The number of rotatable bonds is 2. The van der Waals surface area contributed by atoms with E-state index < -0.39 is 0 Å². The molecule has 0 bridgehead atoms. The zero-order valence-corrected chi connectivity index (χ0v) is 9.33. The van der Waals surface area contributed by atoms with Crippen molar-refractivity contribution in [2.75, 3.05) is 0 Å². The molecule has 0 aromatic heterocycles. The highest BCUT2D eigenvalue weighted by molar-refractivity contribution is 9.10. The summed E-state index contributed by atoms with van der Waals surface area (Å²) in [4.78, 5) is 10.5. The van der Waals surface area contributed by atoms with Gasteiger partial charge >= 0.3 is 0 Å². The van der Waals surface area contributed by atoms with E-state index in [-0.39, 0.29) is 4.32 Å². The summed E-state index contributed by atoms with van der Waals surface area (Å²) >= 11 is 3.61. The van der Waals surface area contributed by atoms with Crippen molar-refractivity contribution in [3.8, 4) is 0 Å². The molecule has 72 valence electrons. The van der Waals surface area contributed by atoms with E-state index in [0.717, 1.165) is 12.7 Å². The van der Waals surface area contributed by atoms with Crippen molar-refractivity contribution in [1.29, 1.82) is 0 Å². The van der Waals surface area contributed by atoms with Crippen LogP contribution in [0.2, 0.25) is 0 Å². The van der Waals surface area contributed by atoms with Crippen LogP contribution in [-0.2, 0) is 11.2 Å². The number of fused-ring (bicyclic) bond motifs is 1. The Kier molecular flexibility index (Phi) is 2.55. The van der Waals surface area contributed by atoms with E-state index in [2.05, 4.69) is 40.2 Å². The van der Waals surface area contributed by atoms with E-state index in [4.69, 9.17) is 0 Å². The summed E-state index contributed by atoms with van der Waals surface area (Å²) in [5.74, 6) is 0. The van der Waals surface area contributed by atoms with Crippen LogP contribution in [0, 0.1) is 0 Å². The normalized spacial score (nSPS) is 24.4. The van der Waals surface area contributed by atoms with Gasteiger partial charge in [0.2, 0.25) is 0 Å². The minimum absolute atomic E-state index is 0.164. The van der Waals surface area contributed by atoms with E-state index in [1.165, 1.54) is 11.1 Å². The molecule has 0 fully saturated rings. The van der Waals surface area contributed by atoms with E-state index in [9.17, 15) is 4.79 Å². The van der Waals surface area contributed by atoms with Crippen molar-refractivity contribution in [1.82, 2.24) is 0 Å². The molecule has 0 aliphatic heterocycles. The number of benzene rings is 1. The summed E-state index contributed by atoms with van der Waals surface area (Å²) in [6.45, 7) is 0. The predicted octanol–water partition coefficient (Wildman–Crippen LogP) is 2.98. The van der Waals surface area contributed by atoms with E-state index >= 15 is 0 Å². The first-order chi connectivity index (χ1) is 6.73. The van der Waals surface area contributed by atoms with Crippen LogP contribution >= 0.6 is 15.9 Å². The Labute approximate surface area is 92.0 Å². The average molecular weight is 251 g/mol. The lowest BCUT2D eigenvalue weighted by Crippen LogP contribution is -2.24. The Morgan fingerprint density at radius 1 is 1.43 bits per heavy atom. The third kappa shape index (κ3) is 1.80. The van der Waals surface area contributed by atoms with E-state index in [0.29, 0.717) is 6.42 Å². The molecule has 1 aromatic rings. The highest BCUT2D eigenvalue weighted by Crippen LogP contribution is 2.34. The third-order valence-corrected chi connectivity index (χ3v) is 3.39. The molecule has 1 nitrogen and oxygen atoms in total. The lowest BCUT2D eigenvalue weighted by molar-refractivity contribution is -0.108. The third-order valence-electron chi connectivity index (χ3n) is 2.52. The van der Waals surface area contributed by atoms with Gasteiger partial charge in [0.15, 0.2) is 0 Å². The first-order valence-corrected chi connectivity index (χ1v) is 5.42. The second-order valence-corrected chi connectivity index (χ2v) is 5.19. The quantitative estimate of drug-likeness (QED) is 0.583. The number of aldehydes is 1. The minimum Gasteiger partial charge on any atom is -0.303 e. The Morgan fingerprint density at radius 2 is 2.21 bits per heavy atom. The monoisotopic (exact) mass is 250 g/mol. The highest BCUT2D eigenvalue weighted by Gasteiger charge is 2.26. The van der Waals surface area contributed by atoms with Gasteiger partial charge in [0.05, 0.1) is 4.32 Å². The summed E-state index contributed by atoms with van der Waals surface area (Å²) in [5, 5.41) is 0. The SMILES string of the molecule is O=CCC1(Br)C=Cc2ccccc2C1. The van der Waals surface area contributed by atoms with Gasteiger partial charge in [0, 0.05) is 6.42 Å². The van der Waals surface area contributed by atoms with Crippen LogP contribution in [0.25, 0.3) is 6.08 Å². The number of hydrogen-bond donors (Lipinski definition) is 0. The van der Waals surface area contributed by atoms with Gasteiger partial charge in [-0.1, -0.05) is 52.3 Å². The lowest BCUT2D eigenvalue weighted by atomic mass is 9.88. The van der Waals surface area contributed by atoms with Gasteiger partial charge in [-0.15, -0.1) is 0 Å². The van der Waals surface area contributed by atoms with Crippen molar-refractivity contribution in [2.45, 2.75) is 17.2 Å². The molecular weight excluding hydrogens is 240 g/mol. The molecule has 1 unspecified atom stereocenters. The molecule has 0 spiro atoms. The van der Waals surface area contributed by atoms with Crippen LogP contribution in [0.4, 0.5) is 0 Å². The van der Waals surface area contributed by atoms with Crippen molar-refractivity contribution in [3.05, 3.63) is 41.5 Å². The highest BCUT2D eigenvalue weighted by atomic mass is 79.9. The van der Waals surface area contributed by atoms with Crippen LogP contribution in [-0.4, -0.2) is 10.6 Å². The molecule has 1 atom stereocenters. The van der Waals surface area contributed by atoms with Gasteiger partial charge < -0.3 is 4.79 Å². The molecule has 0 N–H and O–H groups in total. The van der Waals surface area contributed by atoms with Crippen LogP contribution < -0.4 is 0 Å². The van der Waals surface area contributed by atoms with Crippen LogP contribution in [0.5, 0.6) is 0 Å². The second-order valence-electron chi connectivity index (χ2n) is 3.61. The van der Waals surface area contributed by atoms with Gasteiger partial charge in [-0.25, -0.2) is 0 Å². The van der Waals surface area contributed by atoms with Gasteiger partial charge in [-0.2, -0.15) is 0 Å². The molecule has 1 aromatic carbocycles. The van der Waals surface area contributed by atoms with Crippen molar-refractivity contribution in [2.24, 2.45) is 0 Å². The summed E-state index contributed by atoms with van der Waals surface area (Å²) in [7, 11) is 0. The van der Waals surface area contributed by atoms with Gasteiger partial charge in [0.25, 0.3) is 0 Å². The zero-order valence-electron chi connectivity index (χ0n) is 7.74. The molecule has 2 heteroatoms. The Balaban J connectivity index is 2.33. The summed E-state index contributed by atoms with van der Waals surface area (Å²) < 4.78 is -0.164. The van der Waals surface area contributed by atoms with Crippen molar-refractivity contribution in [3.63, 3.8) is 0 Å². The molecule has 0 amide bonds. The molecule has 0 saturated heterocycles. The fourth-order valence-corrected chi connectivity index (χ4v) is 2.32. The van der Waals surface area contributed by atoms with Gasteiger partial charge in [-0.05, 0) is 17.5 Å². The molecule has 0 saturated carbocycles. The number of allylic oxidation sites excluding steroid dienone is 1. The summed E-state index contributed by atoms with van der Waals surface area (Å²) in [5.41, 5.74) is 2.56. The van der Waals surface area contributed by atoms with Crippen LogP contribution in [0.3, 0.4) is 0 Å². The van der Waals surface area contributed by atoms with E-state index in [1.807, 2.05) is 12.1 Å². The molecule has 0 heterocycles. The van der Waals surface area contributed by atoms with Gasteiger partial charge in [-0.3, -0.25) is 0 Å². The number of carbonyl (C=O) groups excluding carboxylic acids is 1. The fraction of sp³-hybridized carbons (Fsp3) is 0.250. The van der Waals surface area contributed by atoms with E-state index in [1.54, 1.807) is 0 Å². The molecular formula is C12H11BrO. The number of halogens is 1. The largest absolute Gasteiger partial charge is 0.303 e. The first-order valence-electron chi connectivity index (χ1n) is 4.63. The van der Waals surface area contributed by atoms with Crippen LogP contribution in [0.15, 0.2) is 30.3 Å². The minimum atomic E-state index is -0.164. The van der Waals surface area contributed by atoms with Crippen molar-refractivity contribution >= 4 is 28.3 Å². The Bertz CT molecular complexity index is 384.